The number of nitrogens with zero attached hydrogens (tertiary/aromatic N) is 1. The maximum Gasteiger partial charge on any atom is 0.416 e. The van der Waals surface area contributed by atoms with Crippen molar-refractivity contribution in [2.75, 3.05) is 88.0 Å². The minimum Gasteiger partial charge on any atom is -0.447 e. The number of ether oxygens (including phenoxy) is 10. The molecule has 4 saturated carbocycles. The van der Waals surface area contributed by atoms with Gasteiger partial charge in [0.1, 0.15) is 27.0 Å². The summed E-state index contributed by atoms with van der Waals surface area (Å²) in [5.41, 5.74) is -0.0895. The molecule has 0 aromatic carbocycles. The molecular weight excluding hydrogens is 762 g/mol. The summed E-state index contributed by atoms with van der Waals surface area (Å²) < 4.78 is 58.5. The quantitative estimate of drug-likeness (QED) is 0.0811. The van der Waals surface area contributed by atoms with Crippen LogP contribution in [0.3, 0.4) is 0 Å². The van der Waals surface area contributed by atoms with Gasteiger partial charge < -0.3 is 52.5 Å². The van der Waals surface area contributed by atoms with E-state index in [-0.39, 0.29) is 79.9 Å². The Bertz CT molecular complexity index is 1290. The van der Waals surface area contributed by atoms with Crippen LogP contribution in [0, 0.1) is 58.2 Å². The first-order valence-corrected chi connectivity index (χ1v) is 22.6. The first kappa shape index (κ1) is 48.6. The van der Waals surface area contributed by atoms with Gasteiger partial charge in [-0.15, -0.1) is 0 Å². The number of imide groups is 1. The van der Waals surface area contributed by atoms with Gasteiger partial charge in [-0.3, -0.25) is 4.79 Å². The molecule has 5 aliphatic rings. The summed E-state index contributed by atoms with van der Waals surface area (Å²) in [5.74, 6) is 1.01. The normalized spacial score (nSPS) is 35.9. The fourth-order valence-corrected chi connectivity index (χ4v) is 12.1. The first-order chi connectivity index (χ1) is 28.3. The molecule has 0 aromatic rings. The van der Waals surface area contributed by atoms with Gasteiger partial charge in [0.25, 0.3) is 0 Å². The largest absolute Gasteiger partial charge is 0.447 e. The minimum atomic E-state index is -0.879. The Balaban J connectivity index is 1.35. The van der Waals surface area contributed by atoms with Crippen LogP contribution in [0.2, 0.25) is 0 Å². The average Bonchev–Trinajstić information content (AvgIpc) is 3.79. The number of cyclic esters (lactones) is 1. The van der Waals surface area contributed by atoms with E-state index in [1.165, 1.54) is 4.90 Å². The van der Waals surface area contributed by atoms with Crippen LogP contribution in [-0.4, -0.2) is 140 Å². The Morgan fingerprint density at radius 1 is 0.797 bits per heavy atom. The number of carbonyl (C=O) groups is 2. The molecule has 0 aromatic heterocycles. The molecule has 0 spiro atoms. The first-order valence-electron chi connectivity index (χ1n) is 22.6. The highest BCUT2D eigenvalue weighted by Gasteiger charge is 2.66. The molecule has 14 nitrogen and oxygen atoms in total. The van der Waals surface area contributed by atoms with Gasteiger partial charge in [0, 0.05) is 26.7 Å². The van der Waals surface area contributed by atoms with E-state index in [0.29, 0.717) is 75.7 Å². The van der Waals surface area contributed by atoms with Gasteiger partial charge in [0.2, 0.25) is 5.91 Å². The molecule has 0 unspecified atom stereocenters. The van der Waals surface area contributed by atoms with Gasteiger partial charge in [-0.1, -0.05) is 41.5 Å². The predicted octanol–water partition coefficient (Wildman–Crippen LogP) is 6.30. The number of aliphatic hydroxyl groups is 1. The Morgan fingerprint density at radius 3 is 2.05 bits per heavy atom. The molecule has 59 heavy (non-hydrogen) atoms. The van der Waals surface area contributed by atoms with E-state index in [1.807, 2.05) is 13.8 Å². The summed E-state index contributed by atoms with van der Waals surface area (Å²) in [6.45, 7) is 16.9. The molecule has 2 amide bonds. The van der Waals surface area contributed by atoms with Crippen molar-refractivity contribution in [2.24, 2.45) is 58.2 Å². The molecule has 14 atom stereocenters. The van der Waals surface area contributed by atoms with Crippen molar-refractivity contribution >= 4 is 12.0 Å². The molecule has 0 radical (unpaired) electrons. The van der Waals surface area contributed by atoms with Crippen molar-refractivity contribution in [1.82, 2.24) is 4.90 Å². The molecule has 5 rings (SSSR count). The third kappa shape index (κ3) is 11.2. The Kier molecular flexibility index (Phi) is 18.7. The van der Waals surface area contributed by atoms with Crippen LogP contribution in [0.25, 0.3) is 0 Å². The predicted molar refractivity (Wildman–Crippen MR) is 219 cm³/mol. The monoisotopic (exact) mass is 842 g/mol. The highest BCUT2D eigenvalue weighted by molar-refractivity contribution is 5.94. The van der Waals surface area contributed by atoms with E-state index in [0.717, 1.165) is 51.4 Å². The fraction of sp³-hybridized carbons (Fsp3) is 0.956. The average molecular weight is 842 g/mol. The summed E-state index contributed by atoms with van der Waals surface area (Å²) in [6.07, 6.45) is 6.83. The molecule has 342 valence electrons. The third-order valence-electron chi connectivity index (χ3n) is 15.6. The van der Waals surface area contributed by atoms with E-state index in [2.05, 4.69) is 20.8 Å². The molecule has 1 aliphatic heterocycles. The van der Waals surface area contributed by atoms with Gasteiger partial charge in [-0.2, -0.15) is 0 Å². The lowest BCUT2D eigenvalue weighted by atomic mass is 9.43. The minimum absolute atomic E-state index is 0.0234. The molecule has 14 heteroatoms. The third-order valence-corrected chi connectivity index (χ3v) is 15.6. The van der Waals surface area contributed by atoms with Crippen molar-refractivity contribution in [3.05, 3.63) is 0 Å². The Labute approximate surface area is 354 Å². The number of hydrogen-bond donors (Lipinski definition) is 1. The van der Waals surface area contributed by atoms with Crippen LogP contribution in [0.4, 0.5) is 4.79 Å². The highest BCUT2D eigenvalue weighted by atomic mass is 16.7. The van der Waals surface area contributed by atoms with Crippen molar-refractivity contribution in [1.29, 1.82) is 0 Å². The number of carbonyl (C=O) groups excluding carboxylic acids is 2. The van der Waals surface area contributed by atoms with Crippen LogP contribution in [0.15, 0.2) is 0 Å². The lowest BCUT2D eigenvalue weighted by molar-refractivity contribution is -0.253. The van der Waals surface area contributed by atoms with Gasteiger partial charge in [-0.25, -0.2) is 9.69 Å². The summed E-state index contributed by atoms with van der Waals surface area (Å²) >= 11 is 0. The highest BCUT2D eigenvalue weighted by Crippen LogP contribution is 2.69. The number of aliphatic hydroxyl groups excluding tert-OH is 1. The Morgan fingerprint density at radius 2 is 1.42 bits per heavy atom. The molecule has 1 heterocycles. The smallest absolute Gasteiger partial charge is 0.416 e. The molecule has 1 N–H and O–H groups in total. The molecule has 5 fully saturated rings. The Hall–Kier alpha value is -1.46. The van der Waals surface area contributed by atoms with Gasteiger partial charge in [0.05, 0.1) is 76.0 Å². The van der Waals surface area contributed by atoms with E-state index < -0.39 is 18.1 Å². The van der Waals surface area contributed by atoms with E-state index in [9.17, 15) is 14.7 Å². The van der Waals surface area contributed by atoms with Gasteiger partial charge in [-0.05, 0) is 105 Å². The number of fused-ring (bicyclic) bond motifs is 5. The fourth-order valence-electron chi connectivity index (χ4n) is 12.1. The second kappa shape index (κ2) is 22.8. The van der Waals surface area contributed by atoms with Crippen molar-refractivity contribution in [3.63, 3.8) is 0 Å². The maximum atomic E-state index is 13.6. The molecular formula is C45H79NO13. The van der Waals surface area contributed by atoms with E-state index in [4.69, 9.17) is 47.4 Å². The zero-order chi connectivity index (χ0) is 42.7. The van der Waals surface area contributed by atoms with Crippen LogP contribution in [-0.2, 0) is 52.2 Å². The number of methoxy groups -OCH3 is 3. The van der Waals surface area contributed by atoms with Gasteiger partial charge in [0.15, 0.2) is 0 Å². The summed E-state index contributed by atoms with van der Waals surface area (Å²) in [7, 11) is 5.02. The number of hydrogen-bond acceptors (Lipinski definition) is 13. The summed E-state index contributed by atoms with van der Waals surface area (Å²) in [6, 6.07) is -0.319. The van der Waals surface area contributed by atoms with Crippen LogP contribution < -0.4 is 0 Å². The van der Waals surface area contributed by atoms with Crippen molar-refractivity contribution < 1.29 is 62.1 Å². The van der Waals surface area contributed by atoms with Crippen molar-refractivity contribution in [3.8, 4) is 0 Å². The number of amides is 2. The maximum absolute atomic E-state index is 13.6. The van der Waals surface area contributed by atoms with Gasteiger partial charge >= 0.3 is 6.09 Å². The lowest BCUT2D eigenvalue weighted by Crippen LogP contribution is -2.63. The van der Waals surface area contributed by atoms with Crippen molar-refractivity contribution in [2.45, 2.75) is 130 Å². The van der Waals surface area contributed by atoms with Crippen LogP contribution >= 0.6 is 0 Å². The molecule has 4 aliphatic carbocycles. The zero-order valence-corrected chi connectivity index (χ0v) is 37.7. The number of rotatable bonds is 25. The summed E-state index contributed by atoms with van der Waals surface area (Å²) in [4.78, 5) is 27.4. The second-order valence-corrected chi connectivity index (χ2v) is 19.0. The summed E-state index contributed by atoms with van der Waals surface area (Å²) in [5, 5.41) is 11.4. The van der Waals surface area contributed by atoms with E-state index >= 15 is 0 Å². The molecule has 1 saturated heterocycles. The standard InChI is InChI=1S/C45H79NO13/c1-29(2)37-25-56-43(49)46(37)42(48)31(4)38(47)13-10-30(3)34-11-12-35-41-36(24-40(45(34,35)6)59-28-55-21-18-52-9)44(5)15-14-33(57-26-53-19-16-50-7)22-32(44)23-39(41)58-27-54-20-17-51-8/h29-41,47H,10-28H2,1-9H3/t30-,31+,32+,33-,34-,35+,36+,37-,38+,39-,40+,41+,44+,45-/m1/s1. The lowest BCUT2D eigenvalue weighted by Gasteiger charge is -2.64. The topological polar surface area (TPSA) is 150 Å². The SMILES string of the molecule is COCCOCO[C@@H]1CC[C@@]2(C)[C@@H](C1)C[C@@H](OCOCCOC)[C@@H]1[C@@H]2C[C@H](OCOCCOC)[C@]2(C)[C@@H]([C@H](C)CC[C@H](O)[C@H](C)C(=O)N3C(=O)OC[C@@H]3C(C)C)CC[C@@H]12. The van der Waals surface area contributed by atoms with E-state index in [1.54, 1.807) is 28.3 Å². The second-order valence-electron chi connectivity index (χ2n) is 19.0. The van der Waals surface area contributed by atoms with Crippen LogP contribution in [0.1, 0.15) is 99.3 Å². The zero-order valence-electron chi connectivity index (χ0n) is 37.7. The van der Waals surface area contributed by atoms with Crippen LogP contribution in [0.5, 0.6) is 0 Å². The molecule has 0 bridgehead atoms.